The molecule has 0 N–H and O–H groups in total. The van der Waals surface area contributed by atoms with Gasteiger partial charge in [-0.15, -0.1) is 11.3 Å². The Labute approximate surface area is 126 Å². The zero-order valence-electron chi connectivity index (χ0n) is 11.2. The van der Waals surface area contributed by atoms with Crippen LogP contribution in [0.4, 0.5) is 0 Å². The summed E-state index contributed by atoms with van der Waals surface area (Å²) >= 11 is 1.54. The standard InChI is InChI=1S/C19H12OS/c20-12-14-9-10-19(21-14)18-11-13-5-1-2-6-15(13)16-7-3-4-8-17(16)18/h1-12H. The molecule has 0 saturated carbocycles. The molecule has 1 heterocycles. The summed E-state index contributed by atoms with van der Waals surface area (Å²) in [5.74, 6) is 0. The quantitative estimate of drug-likeness (QED) is 0.350. The van der Waals surface area contributed by atoms with E-state index in [1.807, 2.05) is 12.1 Å². The molecule has 0 radical (unpaired) electrons. The van der Waals surface area contributed by atoms with E-state index < -0.39 is 0 Å². The first-order chi connectivity index (χ1) is 10.4. The molecule has 4 rings (SSSR count). The Morgan fingerprint density at radius 3 is 2.24 bits per heavy atom. The average molecular weight is 288 g/mol. The van der Waals surface area contributed by atoms with Gasteiger partial charge in [0.05, 0.1) is 4.88 Å². The van der Waals surface area contributed by atoms with Crippen molar-refractivity contribution in [1.29, 1.82) is 0 Å². The first-order valence-corrected chi connectivity index (χ1v) is 7.64. The van der Waals surface area contributed by atoms with Crippen molar-refractivity contribution in [2.75, 3.05) is 0 Å². The van der Waals surface area contributed by atoms with Crippen molar-refractivity contribution >= 4 is 39.2 Å². The Bertz CT molecular complexity index is 966. The molecule has 0 aliphatic carbocycles. The minimum absolute atomic E-state index is 0.766. The van der Waals surface area contributed by atoms with E-state index >= 15 is 0 Å². The molecule has 3 aromatic carbocycles. The molecule has 0 fully saturated rings. The van der Waals surface area contributed by atoms with Gasteiger partial charge in [-0.25, -0.2) is 0 Å². The zero-order chi connectivity index (χ0) is 14.2. The number of hydrogen-bond donors (Lipinski definition) is 0. The van der Waals surface area contributed by atoms with Crippen LogP contribution in [0, 0.1) is 0 Å². The third kappa shape index (κ3) is 1.96. The van der Waals surface area contributed by atoms with Gasteiger partial charge in [0.25, 0.3) is 0 Å². The molecule has 0 saturated heterocycles. The van der Waals surface area contributed by atoms with Crippen LogP contribution in [0.5, 0.6) is 0 Å². The van der Waals surface area contributed by atoms with Gasteiger partial charge in [-0.3, -0.25) is 4.79 Å². The Morgan fingerprint density at radius 2 is 1.48 bits per heavy atom. The fourth-order valence-corrected chi connectivity index (χ4v) is 3.67. The molecule has 2 heteroatoms. The van der Waals surface area contributed by atoms with E-state index in [2.05, 4.69) is 54.6 Å². The maximum absolute atomic E-state index is 10.9. The van der Waals surface area contributed by atoms with E-state index in [-0.39, 0.29) is 0 Å². The van der Waals surface area contributed by atoms with Crippen molar-refractivity contribution in [3.05, 3.63) is 71.6 Å². The van der Waals surface area contributed by atoms with Crippen molar-refractivity contribution < 1.29 is 4.79 Å². The van der Waals surface area contributed by atoms with Gasteiger partial charge < -0.3 is 0 Å². The van der Waals surface area contributed by atoms with Gasteiger partial charge in [0.2, 0.25) is 0 Å². The molecular weight excluding hydrogens is 276 g/mol. The summed E-state index contributed by atoms with van der Waals surface area (Å²) in [7, 11) is 0. The third-order valence-electron chi connectivity index (χ3n) is 3.78. The molecule has 0 aliphatic rings. The van der Waals surface area contributed by atoms with Crippen molar-refractivity contribution in [2.24, 2.45) is 0 Å². The number of aldehydes is 1. The van der Waals surface area contributed by atoms with Crippen LogP contribution in [-0.2, 0) is 0 Å². The van der Waals surface area contributed by atoms with E-state index in [0.29, 0.717) is 0 Å². The second kappa shape index (κ2) is 4.83. The lowest BCUT2D eigenvalue weighted by atomic mass is 9.96. The molecular formula is C19H12OS. The minimum atomic E-state index is 0.766. The van der Waals surface area contributed by atoms with Crippen LogP contribution in [0.15, 0.2) is 66.7 Å². The van der Waals surface area contributed by atoms with Crippen LogP contribution in [0.3, 0.4) is 0 Å². The van der Waals surface area contributed by atoms with E-state index in [1.54, 1.807) is 11.3 Å². The molecule has 100 valence electrons. The molecule has 0 bridgehead atoms. The fraction of sp³-hybridized carbons (Fsp3) is 0. The highest BCUT2D eigenvalue weighted by Gasteiger charge is 2.09. The normalized spacial score (nSPS) is 11.0. The van der Waals surface area contributed by atoms with Crippen LogP contribution in [0.2, 0.25) is 0 Å². The molecule has 1 nitrogen and oxygen atoms in total. The van der Waals surface area contributed by atoms with Crippen molar-refractivity contribution in [2.45, 2.75) is 0 Å². The summed E-state index contributed by atoms with van der Waals surface area (Å²) in [6.07, 6.45) is 0.914. The van der Waals surface area contributed by atoms with Gasteiger partial charge in [-0.05, 0) is 39.7 Å². The van der Waals surface area contributed by atoms with Gasteiger partial charge in [0.1, 0.15) is 0 Å². The van der Waals surface area contributed by atoms with Crippen LogP contribution in [-0.4, -0.2) is 6.29 Å². The SMILES string of the molecule is O=Cc1ccc(-c2cc3ccccc3c3ccccc23)s1. The Balaban J connectivity index is 2.13. The van der Waals surface area contributed by atoms with Crippen LogP contribution < -0.4 is 0 Å². The summed E-state index contributed by atoms with van der Waals surface area (Å²) in [6, 6.07) is 23.0. The zero-order valence-corrected chi connectivity index (χ0v) is 12.1. The number of rotatable bonds is 2. The molecule has 0 atom stereocenters. The minimum Gasteiger partial charge on any atom is -0.297 e. The predicted octanol–water partition coefficient (Wildman–Crippen LogP) is 5.53. The van der Waals surface area contributed by atoms with E-state index in [1.165, 1.54) is 27.1 Å². The fourth-order valence-electron chi connectivity index (χ4n) is 2.82. The Kier molecular flexibility index (Phi) is 2.83. The van der Waals surface area contributed by atoms with Crippen LogP contribution in [0.1, 0.15) is 9.67 Å². The van der Waals surface area contributed by atoms with Gasteiger partial charge in [-0.1, -0.05) is 48.5 Å². The van der Waals surface area contributed by atoms with Gasteiger partial charge >= 0.3 is 0 Å². The lowest BCUT2D eigenvalue weighted by Gasteiger charge is -2.09. The van der Waals surface area contributed by atoms with E-state index in [9.17, 15) is 4.79 Å². The predicted molar refractivity (Wildman–Crippen MR) is 90.2 cm³/mol. The molecule has 0 amide bonds. The van der Waals surface area contributed by atoms with Crippen LogP contribution in [0.25, 0.3) is 32.0 Å². The monoisotopic (exact) mass is 288 g/mol. The number of carbonyl (C=O) groups excluding carboxylic acids is 1. The maximum Gasteiger partial charge on any atom is 0.160 e. The first kappa shape index (κ1) is 12.3. The molecule has 21 heavy (non-hydrogen) atoms. The summed E-state index contributed by atoms with van der Waals surface area (Å²) in [6.45, 7) is 0. The number of fused-ring (bicyclic) bond motifs is 3. The maximum atomic E-state index is 10.9. The van der Waals surface area contributed by atoms with E-state index in [4.69, 9.17) is 0 Å². The Hall–Kier alpha value is -2.45. The smallest absolute Gasteiger partial charge is 0.160 e. The highest BCUT2D eigenvalue weighted by Crippen LogP contribution is 2.37. The number of benzene rings is 3. The van der Waals surface area contributed by atoms with Gasteiger partial charge in [0, 0.05) is 10.4 Å². The number of hydrogen-bond acceptors (Lipinski definition) is 2. The topological polar surface area (TPSA) is 17.1 Å². The third-order valence-corrected chi connectivity index (χ3v) is 4.82. The molecule has 4 aromatic rings. The number of carbonyl (C=O) groups is 1. The first-order valence-electron chi connectivity index (χ1n) is 6.83. The summed E-state index contributed by atoms with van der Waals surface area (Å²) in [5, 5.41) is 4.98. The van der Waals surface area contributed by atoms with Gasteiger partial charge in [-0.2, -0.15) is 0 Å². The summed E-state index contributed by atoms with van der Waals surface area (Å²) < 4.78 is 0. The van der Waals surface area contributed by atoms with E-state index in [0.717, 1.165) is 16.0 Å². The van der Waals surface area contributed by atoms with Crippen molar-refractivity contribution in [3.8, 4) is 10.4 Å². The number of thiophene rings is 1. The highest BCUT2D eigenvalue weighted by atomic mass is 32.1. The lowest BCUT2D eigenvalue weighted by molar-refractivity contribution is 0.112. The largest absolute Gasteiger partial charge is 0.297 e. The highest BCUT2D eigenvalue weighted by molar-refractivity contribution is 7.17. The van der Waals surface area contributed by atoms with Crippen LogP contribution >= 0.6 is 11.3 Å². The summed E-state index contributed by atoms with van der Waals surface area (Å²) in [5.41, 5.74) is 1.20. The van der Waals surface area contributed by atoms with Crippen molar-refractivity contribution in [3.63, 3.8) is 0 Å². The second-order valence-corrected chi connectivity index (χ2v) is 6.13. The molecule has 0 aliphatic heterocycles. The molecule has 0 unspecified atom stereocenters. The average Bonchev–Trinajstić information content (AvgIpc) is 3.03. The Morgan fingerprint density at radius 1 is 0.762 bits per heavy atom. The lowest BCUT2D eigenvalue weighted by Crippen LogP contribution is -1.82. The van der Waals surface area contributed by atoms with Gasteiger partial charge in [0.15, 0.2) is 6.29 Å². The molecule has 0 spiro atoms. The van der Waals surface area contributed by atoms with Crippen molar-refractivity contribution in [1.82, 2.24) is 0 Å². The summed E-state index contributed by atoms with van der Waals surface area (Å²) in [4.78, 5) is 12.8. The molecule has 1 aromatic heterocycles. The second-order valence-electron chi connectivity index (χ2n) is 5.01.